The Morgan fingerprint density at radius 3 is 2.75 bits per heavy atom. The van der Waals surface area contributed by atoms with Crippen LogP contribution in [0.25, 0.3) is 0 Å². The molecule has 2 aromatic rings. The number of sulfonamides is 1. The number of aromatic carboxylic acids is 1. The van der Waals surface area contributed by atoms with Crippen molar-refractivity contribution in [2.45, 2.75) is 18.2 Å². The Morgan fingerprint density at radius 1 is 1.45 bits per heavy atom. The van der Waals surface area contributed by atoms with Gasteiger partial charge in [0.1, 0.15) is 0 Å². The normalized spacial score (nSPS) is 11.2. The van der Waals surface area contributed by atoms with Crippen LogP contribution >= 0.6 is 0 Å². The molecular weight excluding hydrogens is 282 g/mol. The third kappa shape index (κ3) is 2.80. The second-order valence-corrected chi connectivity index (χ2v) is 5.68. The van der Waals surface area contributed by atoms with Crippen molar-refractivity contribution in [3.63, 3.8) is 0 Å². The number of anilines is 1. The third-order valence-electron chi connectivity index (χ3n) is 2.71. The van der Waals surface area contributed by atoms with Crippen LogP contribution in [0.15, 0.2) is 35.5 Å². The summed E-state index contributed by atoms with van der Waals surface area (Å²) in [5, 5.41) is 8.96. The highest BCUT2D eigenvalue weighted by Gasteiger charge is 2.20. The van der Waals surface area contributed by atoms with Gasteiger partial charge in [0, 0.05) is 12.4 Å². The molecule has 0 aliphatic rings. The molecule has 106 valence electrons. The van der Waals surface area contributed by atoms with Crippen molar-refractivity contribution in [2.24, 2.45) is 0 Å². The van der Waals surface area contributed by atoms with E-state index in [0.29, 0.717) is 12.0 Å². The molecule has 0 bridgehead atoms. The molecule has 1 aromatic carbocycles. The summed E-state index contributed by atoms with van der Waals surface area (Å²) in [6.07, 6.45) is 3.35. The lowest BCUT2D eigenvalue weighted by atomic mass is 10.1. The molecule has 0 spiro atoms. The van der Waals surface area contributed by atoms with E-state index in [-0.39, 0.29) is 16.4 Å². The summed E-state index contributed by atoms with van der Waals surface area (Å²) in [7, 11) is -3.89. The van der Waals surface area contributed by atoms with E-state index < -0.39 is 16.0 Å². The quantitative estimate of drug-likeness (QED) is 0.773. The number of rotatable bonds is 5. The molecule has 0 fully saturated rings. The molecule has 0 saturated heterocycles. The summed E-state index contributed by atoms with van der Waals surface area (Å²) in [5.74, 6) is -1.10. The standard InChI is InChI=1S/C12H13N3O4S/c1-2-8-3-4-9(11(16)17)7-10(8)20(18,19)15-12-13-5-6-14-12/h3-7H,2H2,1H3,(H,16,17)(H2,13,14,15). The molecule has 0 amide bonds. The van der Waals surface area contributed by atoms with E-state index in [2.05, 4.69) is 14.7 Å². The first kappa shape index (κ1) is 14.1. The number of benzene rings is 1. The van der Waals surface area contributed by atoms with Gasteiger partial charge >= 0.3 is 5.97 Å². The minimum absolute atomic E-state index is 0.0590. The number of H-pyrrole nitrogens is 1. The average Bonchev–Trinajstić information content (AvgIpc) is 2.90. The number of carboxylic acids is 1. The molecule has 0 aliphatic carbocycles. The van der Waals surface area contributed by atoms with Gasteiger partial charge in [0.15, 0.2) is 0 Å². The molecule has 1 heterocycles. The molecule has 2 rings (SSSR count). The van der Waals surface area contributed by atoms with Gasteiger partial charge in [-0.15, -0.1) is 0 Å². The first-order chi connectivity index (χ1) is 9.44. The molecule has 3 N–H and O–H groups in total. The number of carbonyl (C=O) groups is 1. The summed E-state index contributed by atoms with van der Waals surface area (Å²) >= 11 is 0. The lowest BCUT2D eigenvalue weighted by Crippen LogP contribution is -2.16. The van der Waals surface area contributed by atoms with Crippen molar-refractivity contribution in [1.29, 1.82) is 0 Å². The van der Waals surface area contributed by atoms with Crippen LogP contribution in [-0.2, 0) is 16.4 Å². The average molecular weight is 295 g/mol. The second-order valence-electron chi connectivity index (χ2n) is 4.02. The fourth-order valence-electron chi connectivity index (χ4n) is 1.73. The van der Waals surface area contributed by atoms with E-state index in [1.807, 2.05) is 0 Å². The van der Waals surface area contributed by atoms with Crippen LogP contribution in [0.2, 0.25) is 0 Å². The lowest BCUT2D eigenvalue weighted by molar-refractivity contribution is 0.0696. The number of imidazole rings is 1. The molecule has 7 nitrogen and oxygen atoms in total. The van der Waals surface area contributed by atoms with Gasteiger partial charge in [0.25, 0.3) is 10.0 Å². The van der Waals surface area contributed by atoms with Crippen LogP contribution in [0, 0.1) is 0 Å². The van der Waals surface area contributed by atoms with E-state index in [0.717, 1.165) is 6.07 Å². The number of hydrogen-bond donors (Lipinski definition) is 3. The van der Waals surface area contributed by atoms with E-state index in [1.165, 1.54) is 24.5 Å². The predicted molar refractivity (Wildman–Crippen MR) is 72.2 cm³/mol. The second kappa shape index (κ2) is 5.33. The third-order valence-corrected chi connectivity index (χ3v) is 4.13. The first-order valence-electron chi connectivity index (χ1n) is 5.82. The summed E-state index contributed by atoms with van der Waals surface area (Å²) < 4.78 is 26.8. The highest BCUT2D eigenvalue weighted by atomic mass is 32.2. The number of aromatic amines is 1. The smallest absolute Gasteiger partial charge is 0.335 e. The van der Waals surface area contributed by atoms with Crippen LogP contribution < -0.4 is 4.72 Å². The predicted octanol–water partition coefficient (Wildman–Crippen LogP) is 1.47. The van der Waals surface area contributed by atoms with Gasteiger partial charge in [-0.3, -0.25) is 0 Å². The maximum absolute atomic E-state index is 12.3. The molecule has 0 unspecified atom stereocenters. The number of hydrogen-bond acceptors (Lipinski definition) is 4. The Balaban J connectivity index is 2.48. The SMILES string of the molecule is CCc1ccc(C(=O)O)cc1S(=O)(=O)Nc1ncc[nH]1. The minimum Gasteiger partial charge on any atom is -0.478 e. The molecule has 8 heteroatoms. The van der Waals surface area contributed by atoms with E-state index in [9.17, 15) is 13.2 Å². The Bertz CT molecular complexity index is 723. The zero-order valence-electron chi connectivity index (χ0n) is 10.6. The maximum Gasteiger partial charge on any atom is 0.335 e. The van der Waals surface area contributed by atoms with Crippen LogP contribution in [0.3, 0.4) is 0 Å². The highest BCUT2D eigenvalue weighted by molar-refractivity contribution is 7.92. The van der Waals surface area contributed by atoms with Crippen LogP contribution in [0.5, 0.6) is 0 Å². The zero-order chi connectivity index (χ0) is 14.8. The summed E-state index contributed by atoms with van der Waals surface area (Å²) in [6, 6.07) is 4.03. The lowest BCUT2D eigenvalue weighted by Gasteiger charge is -2.10. The fraction of sp³-hybridized carbons (Fsp3) is 0.167. The van der Waals surface area contributed by atoms with Crippen molar-refractivity contribution in [3.05, 3.63) is 41.7 Å². The molecule has 20 heavy (non-hydrogen) atoms. The molecule has 0 aliphatic heterocycles. The number of carboxylic acid groups (broad SMARTS) is 1. The van der Waals surface area contributed by atoms with Crippen molar-refractivity contribution in [3.8, 4) is 0 Å². The number of nitrogens with zero attached hydrogens (tertiary/aromatic N) is 1. The summed E-state index contributed by atoms with van der Waals surface area (Å²) in [5.41, 5.74) is 0.455. The minimum atomic E-state index is -3.89. The highest BCUT2D eigenvalue weighted by Crippen LogP contribution is 2.20. The maximum atomic E-state index is 12.3. The van der Waals surface area contributed by atoms with Crippen LogP contribution in [0.1, 0.15) is 22.8 Å². The zero-order valence-corrected chi connectivity index (χ0v) is 11.4. The van der Waals surface area contributed by atoms with Crippen molar-refractivity contribution >= 4 is 21.9 Å². The van der Waals surface area contributed by atoms with Crippen molar-refractivity contribution in [1.82, 2.24) is 9.97 Å². The summed E-state index contributed by atoms with van der Waals surface area (Å²) in [4.78, 5) is 17.3. The van der Waals surface area contributed by atoms with Crippen molar-refractivity contribution in [2.75, 3.05) is 4.72 Å². The topological polar surface area (TPSA) is 112 Å². The molecule has 0 saturated carbocycles. The number of aromatic nitrogens is 2. The van der Waals surface area contributed by atoms with Gasteiger partial charge in [0.05, 0.1) is 10.5 Å². The number of aryl methyl sites for hydroxylation is 1. The van der Waals surface area contributed by atoms with Gasteiger partial charge < -0.3 is 10.1 Å². The Morgan fingerprint density at radius 2 is 2.20 bits per heavy atom. The largest absolute Gasteiger partial charge is 0.478 e. The van der Waals surface area contributed by atoms with Gasteiger partial charge in [-0.05, 0) is 24.1 Å². The molecule has 0 radical (unpaired) electrons. The van der Waals surface area contributed by atoms with Crippen LogP contribution in [0.4, 0.5) is 5.95 Å². The van der Waals surface area contributed by atoms with Gasteiger partial charge in [0.2, 0.25) is 5.95 Å². The van der Waals surface area contributed by atoms with E-state index in [1.54, 1.807) is 6.92 Å². The van der Waals surface area contributed by atoms with Crippen molar-refractivity contribution < 1.29 is 18.3 Å². The fourth-order valence-corrected chi connectivity index (χ4v) is 3.05. The molecule has 1 aromatic heterocycles. The van der Waals surface area contributed by atoms with E-state index >= 15 is 0 Å². The Kier molecular flexibility index (Phi) is 3.75. The van der Waals surface area contributed by atoms with Gasteiger partial charge in [-0.2, -0.15) is 0 Å². The summed E-state index contributed by atoms with van der Waals surface area (Å²) in [6.45, 7) is 1.79. The Labute approximate surface area is 115 Å². The molecule has 0 atom stereocenters. The number of nitrogens with one attached hydrogen (secondary N) is 2. The first-order valence-corrected chi connectivity index (χ1v) is 7.30. The monoisotopic (exact) mass is 295 g/mol. The van der Waals surface area contributed by atoms with E-state index in [4.69, 9.17) is 5.11 Å². The van der Waals surface area contributed by atoms with Crippen LogP contribution in [-0.4, -0.2) is 29.5 Å². The Hall–Kier alpha value is -2.35. The van der Waals surface area contributed by atoms with Gasteiger partial charge in [-0.1, -0.05) is 13.0 Å². The molecular formula is C12H13N3O4S. The van der Waals surface area contributed by atoms with Gasteiger partial charge in [-0.25, -0.2) is 22.9 Å².